The molecule has 0 N–H and O–H groups in total. The van der Waals surface area contributed by atoms with Crippen LogP contribution in [0, 0.1) is 0 Å². The predicted molar refractivity (Wildman–Crippen MR) is 113 cm³/mol. The van der Waals surface area contributed by atoms with Crippen LogP contribution in [-0.4, -0.2) is 25.1 Å². The minimum atomic E-state index is -0.506. The maximum Gasteiger partial charge on any atom is 0.340 e. The molecule has 0 bridgehead atoms. The third-order valence-corrected chi connectivity index (χ3v) is 4.45. The van der Waals surface area contributed by atoms with Gasteiger partial charge >= 0.3 is 5.97 Å². The second kappa shape index (κ2) is 9.06. The van der Waals surface area contributed by atoms with Gasteiger partial charge in [0.05, 0.1) is 17.8 Å². The molecule has 5 heteroatoms. The zero-order chi connectivity index (χ0) is 20.8. The summed E-state index contributed by atoms with van der Waals surface area (Å²) in [4.78, 5) is 27.4. The quantitative estimate of drug-likeness (QED) is 0.397. The summed E-state index contributed by atoms with van der Waals surface area (Å²) in [6.07, 6.45) is 3.38. The molecule has 0 radical (unpaired) electrons. The Morgan fingerprint density at radius 1 is 1.10 bits per heavy atom. The molecule has 0 aliphatic carbocycles. The molecular formula is C24H23NO4. The van der Waals surface area contributed by atoms with Gasteiger partial charge in [0.2, 0.25) is 0 Å². The average Bonchev–Trinajstić information content (AvgIpc) is 2.98. The van der Waals surface area contributed by atoms with Crippen LogP contribution in [0.5, 0.6) is 5.75 Å². The Bertz CT molecular complexity index is 972. The Hall–Kier alpha value is -3.60. The van der Waals surface area contributed by atoms with Crippen molar-refractivity contribution in [3.8, 4) is 5.75 Å². The van der Waals surface area contributed by atoms with E-state index in [2.05, 4.69) is 6.58 Å². The number of ether oxygens (including phenoxy) is 2. The normalized spacial score (nSPS) is 15.0. The highest BCUT2D eigenvalue weighted by atomic mass is 16.5. The van der Waals surface area contributed by atoms with Crippen LogP contribution in [-0.2, 0) is 14.3 Å². The first-order valence-corrected chi connectivity index (χ1v) is 9.40. The van der Waals surface area contributed by atoms with Gasteiger partial charge in [-0.05, 0) is 49.8 Å². The molecule has 0 unspecified atom stereocenters. The van der Waals surface area contributed by atoms with Crippen molar-refractivity contribution in [2.24, 2.45) is 0 Å². The number of esters is 1. The number of anilines is 1. The van der Waals surface area contributed by atoms with Gasteiger partial charge in [0.15, 0.2) is 0 Å². The van der Waals surface area contributed by atoms with Gasteiger partial charge in [-0.15, -0.1) is 0 Å². The van der Waals surface area contributed by atoms with Crippen LogP contribution in [0.4, 0.5) is 5.69 Å². The minimum absolute atomic E-state index is 0.234. The Morgan fingerprint density at radius 2 is 1.79 bits per heavy atom. The predicted octanol–water partition coefficient (Wildman–Crippen LogP) is 4.52. The fourth-order valence-corrected chi connectivity index (χ4v) is 3.15. The summed E-state index contributed by atoms with van der Waals surface area (Å²) >= 11 is 0. The molecule has 1 amide bonds. The Labute approximate surface area is 170 Å². The third-order valence-electron chi connectivity index (χ3n) is 4.45. The van der Waals surface area contributed by atoms with Gasteiger partial charge in [-0.3, -0.25) is 9.69 Å². The average molecular weight is 389 g/mol. The standard InChI is InChI=1S/C24H23NO4/c1-4-15-29-20-13-11-18(12-14-20)16-21-22(24(27)28-5-2)17(3)25(23(21)26)19-9-7-6-8-10-19/h4,6-14,16H,1,5,15H2,2-3H3/b21-16-. The first-order valence-electron chi connectivity index (χ1n) is 9.40. The molecule has 5 nitrogen and oxygen atoms in total. The van der Waals surface area contributed by atoms with E-state index >= 15 is 0 Å². The van der Waals surface area contributed by atoms with E-state index in [0.29, 0.717) is 29.3 Å². The third kappa shape index (κ3) is 4.29. The van der Waals surface area contributed by atoms with E-state index in [0.717, 1.165) is 5.56 Å². The number of carbonyl (C=O) groups excluding carboxylic acids is 2. The van der Waals surface area contributed by atoms with Crippen molar-refractivity contribution in [3.63, 3.8) is 0 Å². The Kier molecular flexibility index (Phi) is 6.29. The van der Waals surface area contributed by atoms with Crippen LogP contribution >= 0.6 is 0 Å². The molecule has 29 heavy (non-hydrogen) atoms. The summed E-state index contributed by atoms with van der Waals surface area (Å²) in [6, 6.07) is 16.5. The topological polar surface area (TPSA) is 55.8 Å². The van der Waals surface area contributed by atoms with Crippen LogP contribution in [0.3, 0.4) is 0 Å². The number of hydrogen-bond donors (Lipinski definition) is 0. The summed E-state index contributed by atoms with van der Waals surface area (Å²) in [6.45, 7) is 7.77. The summed E-state index contributed by atoms with van der Waals surface area (Å²) in [5.74, 6) is -0.0641. The van der Waals surface area contributed by atoms with Crippen molar-refractivity contribution in [3.05, 3.63) is 89.7 Å². The van der Waals surface area contributed by atoms with E-state index in [9.17, 15) is 9.59 Å². The molecule has 1 aliphatic rings. The highest BCUT2D eigenvalue weighted by Gasteiger charge is 2.37. The summed E-state index contributed by atoms with van der Waals surface area (Å²) in [5, 5.41) is 0. The van der Waals surface area contributed by atoms with Crippen LogP contribution in [0.1, 0.15) is 19.4 Å². The number of amides is 1. The molecule has 0 aromatic heterocycles. The summed E-state index contributed by atoms with van der Waals surface area (Å²) in [5.41, 5.74) is 2.63. The zero-order valence-corrected chi connectivity index (χ0v) is 16.6. The van der Waals surface area contributed by atoms with E-state index in [1.165, 1.54) is 0 Å². The number of carbonyl (C=O) groups is 2. The molecule has 2 aromatic carbocycles. The molecule has 0 saturated carbocycles. The lowest BCUT2D eigenvalue weighted by Crippen LogP contribution is -2.24. The Balaban J connectivity index is 2.01. The van der Waals surface area contributed by atoms with Gasteiger partial charge in [0.25, 0.3) is 5.91 Å². The van der Waals surface area contributed by atoms with Crippen molar-refractivity contribution >= 4 is 23.6 Å². The fraction of sp³-hybridized carbons (Fsp3) is 0.167. The molecule has 0 saturated heterocycles. The molecule has 0 fully saturated rings. The molecule has 1 aliphatic heterocycles. The van der Waals surface area contributed by atoms with Gasteiger partial charge < -0.3 is 9.47 Å². The van der Waals surface area contributed by atoms with Gasteiger partial charge in [-0.25, -0.2) is 4.79 Å². The maximum absolute atomic E-state index is 13.2. The molecule has 0 atom stereocenters. The SMILES string of the molecule is C=CCOc1ccc(/C=C2\C(=O)N(c3ccccc3)C(C)=C2C(=O)OCC)cc1. The fourth-order valence-electron chi connectivity index (χ4n) is 3.15. The van der Waals surface area contributed by atoms with Crippen LogP contribution in [0.2, 0.25) is 0 Å². The molecule has 0 spiro atoms. The highest BCUT2D eigenvalue weighted by molar-refractivity contribution is 6.23. The molecule has 1 heterocycles. The maximum atomic E-state index is 13.2. The first-order chi connectivity index (χ1) is 14.1. The lowest BCUT2D eigenvalue weighted by Gasteiger charge is -2.17. The number of hydrogen-bond acceptors (Lipinski definition) is 4. The smallest absolute Gasteiger partial charge is 0.340 e. The lowest BCUT2D eigenvalue weighted by molar-refractivity contribution is -0.138. The van der Waals surface area contributed by atoms with Crippen molar-refractivity contribution in [1.82, 2.24) is 0 Å². The number of nitrogens with zero attached hydrogens (tertiary/aromatic N) is 1. The van der Waals surface area contributed by atoms with Crippen LogP contribution in [0.15, 0.2) is 84.1 Å². The number of allylic oxidation sites excluding steroid dienone is 1. The second-order valence-corrected chi connectivity index (χ2v) is 6.38. The highest BCUT2D eigenvalue weighted by Crippen LogP contribution is 2.35. The van der Waals surface area contributed by atoms with Gasteiger partial charge in [0.1, 0.15) is 12.4 Å². The Morgan fingerprint density at radius 3 is 2.41 bits per heavy atom. The first kappa shape index (κ1) is 20.1. The van der Waals surface area contributed by atoms with Crippen LogP contribution in [0.25, 0.3) is 6.08 Å². The molecule has 148 valence electrons. The van der Waals surface area contributed by atoms with Crippen molar-refractivity contribution in [1.29, 1.82) is 0 Å². The second-order valence-electron chi connectivity index (χ2n) is 6.38. The van der Waals surface area contributed by atoms with Crippen LogP contribution < -0.4 is 9.64 Å². The summed E-state index contributed by atoms with van der Waals surface area (Å²) in [7, 11) is 0. The van der Waals surface area contributed by atoms with Gasteiger partial charge in [-0.1, -0.05) is 43.0 Å². The molecule has 3 rings (SSSR count). The monoisotopic (exact) mass is 389 g/mol. The summed E-state index contributed by atoms with van der Waals surface area (Å²) < 4.78 is 10.7. The largest absolute Gasteiger partial charge is 0.490 e. The number of para-hydroxylation sites is 1. The molecular weight excluding hydrogens is 366 g/mol. The van der Waals surface area contributed by atoms with Gasteiger partial charge in [0, 0.05) is 11.4 Å². The lowest BCUT2D eigenvalue weighted by atomic mass is 10.0. The van der Waals surface area contributed by atoms with Gasteiger partial charge in [-0.2, -0.15) is 0 Å². The van der Waals surface area contributed by atoms with E-state index in [-0.39, 0.29) is 18.1 Å². The number of rotatable bonds is 7. The zero-order valence-electron chi connectivity index (χ0n) is 16.6. The molecule has 2 aromatic rings. The van der Waals surface area contributed by atoms with Crippen molar-refractivity contribution < 1.29 is 19.1 Å². The van der Waals surface area contributed by atoms with E-state index in [4.69, 9.17) is 9.47 Å². The van der Waals surface area contributed by atoms with E-state index in [1.807, 2.05) is 54.6 Å². The van der Waals surface area contributed by atoms with Crippen molar-refractivity contribution in [2.45, 2.75) is 13.8 Å². The number of benzene rings is 2. The van der Waals surface area contributed by atoms with E-state index in [1.54, 1.807) is 30.9 Å². The minimum Gasteiger partial charge on any atom is -0.490 e. The van der Waals surface area contributed by atoms with Crippen molar-refractivity contribution in [2.75, 3.05) is 18.1 Å². The van der Waals surface area contributed by atoms with E-state index < -0.39 is 5.97 Å².